The Labute approximate surface area is 388 Å². The van der Waals surface area contributed by atoms with Gasteiger partial charge in [-0.2, -0.15) is 0 Å². The van der Waals surface area contributed by atoms with Crippen LogP contribution in [0.15, 0.2) is 146 Å². The fraction of sp³-hybridized carbons (Fsp3) is 0.263. The van der Waals surface area contributed by atoms with Gasteiger partial charge in [-0.1, -0.05) is 152 Å². The van der Waals surface area contributed by atoms with Gasteiger partial charge in [0.1, 0.15) is 11.5 Å². The molecule has 0 spiro atoms. The largest absolute Gasteiger partial charge is 0.463 e. The van der Waals surface area contributed by atoms with Crippen LogP contribution in [0.4, 0.5) is 0 Å². The zero-order chi connectivity index (χ0) is 48.2. The summed E-state index contributed by atoms with van der Waals surface area (Å²) in [7, 11) is 0. The Morgan fingerprint density at radius 2 is 0.600 bits per heavy atom. The van der Waals surface area contributed by atoms with E-state index >= 15 is 0 Å². The van der Waals surface area contributed by atoms with E-state index in [-0.39, 0.29) is 11.9 Å². The monoisotopic (exact) mass is 880 g/mol. The second kappa shape index (κ2) is 34.4. The summed E-state index contributed by atoms with van der Waals surface area (Å²) in [6.45, 7) is 20.4. The molecule has 0 atom stereocenters. The number of carbonyl (C=O) groups excluding carboxylic acids is 4. The van der Waals surface area contributed by atoms with Crippen molar-refractivity contribution in [3.63, 3.8) is 0 Å². The summed E-state index contributed by atoms with van der Waals surface area (Å²) in [6.07, 6.45) is 15.1. The zero-order valence-corrected chi connectivity index (χ0v) is 40.0. The van der Waals surface area contributed by atoms with E-state index in [2.05, 4.69) is 38.1 Å². The van der Waals surface area contributed by atoms with Gasteiger partial charge in [-0.3, -0.25) is 0 Å². The van der Waals surface area contributed by atoms with Crippen molar-refractivity contribution in [1.82, 2.24) is 0 Å². The van der Waals surface area contributed by atoms with Crippen molar-refractivity contribution < 1.29 is 38.1 Å². The van der Waals surface area contributed by atoms with Crippen molar-refractivity contribution in [3.8, 4) is 11.5 Å². The Hall–Kier alpha value is -7.06. The van der Waals surface area contributed by atoms with E-state index < -0.39 is 11.9 Å². The van der Waals surface area contributed by atoms with E-state index in [0.29, 0.717) is 24.7 Å². The molecule has 0 radical (unpaired) electrons. The van der Waals surface area contributed by atoms with Crippen molar-refractivity contribution >= 4 is 48.2 Å². The first-order chi connectivity index (χ1) is 31.7. The number of benzene rings is 5. The number of hydrogen-bond donors (Lipinski definition) is 0. The number of rotatable bonds is 16. The molecule has 344 valence electrons. The van der Waals surface area contributed by atoms with Crippen LogP contribution >= 0.6 is 0 Å². The minimum Gasteiger partial charge on any atom is -0.463 e. The Morgan fingerprint density at radius 1 is 0.354 bits per heavy atom. The summed E-state index contributed by atoms with van der Waals surface area (Å²) in [5, 5.41) is 0. The SMILES string of the molecule is CC.CC.CC.CCOC(=O)/C=C/c1ccc(/C=C/C(=O)Oc2ccc(CC)cc2)cc1.CCOC(=O)/C=C/c1ccc(/C=C/C(=O)Oc2ccc(Cc3ccc(CC)cc3)cc2)cc1. The molecule has 0 N–H and O–H groups in total. The van der Waals surface area contributed by atoms with Crippen LogP contribution in [-0.4, -0.2) is 37.1 Å². The molecular weight excluding hydrogens is 813 g/mol. The van der Waals surface area contributed by atoms with Gasteiger partial charge in [-0.15, -0.1) is 0 Å². The van der Waals surface area contributed by atoms with Gasteiger partial charge >= 0.3 is 23.9 Å². The van der Waals surface area contributed by atoms with Gasteiger partial charge in [0.15, 0.2) is 0 Å². The van der Waals surface area contributed by atoms with Crippen LogP contribution in [0.1, 0.15) is 114 Å². The van der Waals surface area contributed by atoms with E-state index in [0.717, 1.165) is 47.1 Å². The van der Waals surface area contributed by atoms with Crippen LogP contribution in [0, 0.1) is 0 Å². The van der Waals surface area contributed by atoms with E-state index in [1.807, 2.05) is 126 Å². The van der Waals surface area contributed by atoms with Crippen molar-refractivity contribution in [2.45, 2.75) is 88.5 Å². The van der Waals surface area contributed by atoms with Crippen molar-refractivity contribution in [3.05, 3.63) is 190 Å². The third-order valence-electron chi connectivity index (χ3n) is 8.62. The Kier molecular flexibility index (Phi) is 29.6. The van der Waals surface area contributed by atoms with E-state index in [1.165, 1.54) is 41.0 Å². The third kappa shape index (κ3) is 23.8. The summed E-state index contributed by atoms with van der Waals surface area (Å²) >= 11 is 0. The molecule has 0 aliphatic carbocycles. The van der Waals surface area contributed by atoms with E-state index in [1.54, 1.807) is 50.3 Å². The topological polar surface area (TPSA) is 105 Å². The second-order valence-corrected chi connectivity index (χ2v) is 13.0. The van der Waals surface area contributed by atoms with Gasteiger partial charge < -0.3 is 18.9 Å². The molecule has 8 heteroatoms. The highest BCUT2D eigenvalue weighted by molar-refractivity contribution is 5.90. The quantitative estimate of drug-likeness (QED) is 0.0548. The molecule has 0 amide bonds. The summed E-state index contributed by atoms with van der Waals surface area (Å²) in [5.41, 5.74) is 8.38. The van der Waals surface area contributed by atoms with Crippen LogP contribution in [0.5, 0.6) is 11.5 Å². The number of hydrogen-bond acceptors (Lipinski definition) is 8. The smallest absolute Gasteiger partial charge is 0.336 e. The summed E-state index contributed by atoms with van der Waals surface area (Å²) < 4.78 is 20.3. The lowest BCUT2D eigenvalue weighted by atomic mass is 10.0. The number of esters is 4. The minimum atomic E-state index is -0.441. The van der Waals surface area contributed by atoms with Crippen LogP contribution in [0.25, 0.3) is 24.3 Å². The molecule has 0 fully saturated rings. The lowest BCUT2D eigenvalue weighted by Crippen LogP contribution is -2.03. The minimum absolute atomic E-state index is 0.348. The van der Waals surface area contributed by atoms with Crippen LogP contribution < -0.4 is 9.47 Å². The van der Waals surface area contributed by atoms with Crippen molar-refractivity contribution in [2.24, 2.45) is 0 Å². The van der Waals surface area contributed by atoms with Gasteiger partial charge in [0, 0.05) is 24.3 Å². The molecule has 5 aromatic carbocycles. The fourth-order valence-electron chi connectivity index (χ4n) is 5.37. The molecule has 5 rings (SSSR count). The first-order valence-corrected chi connectivity index (χ1v) is 22.6. The first-order valence-electron chi connectivity index (χ1n) is 22.6. The van der Waals surface area contributed by atoms with Crippen LogP contribution in [-0.2, 0) is 47.9 Å². The molecule has 0 aromatic heterocycles. The Balaban J connectivity index is 0.000000596. The highest BCUT2D eigenvalue weighted by Crippen LogP contribution is 2.18. The molecule has 5 aromatic rings. The molecule has 0 saturated carbocycles. The maximum atomic E-state index is 12.2. The van der Waals surface area contributed by atoms with Crippen molar-refractivity contribution in [2.75, 3.05) is 13.2 Å². The average molecular weight is 881 g/mol. The second-order valence-electron chi connectivity index (χ2n) is 13.0. The maximum Gasteiger partial charge on any atom is 0.336 e. The zero-order valence-electron chi connectivity index (χ0n) is 40.0. The Morgan fingerprint density at radius 3 is 0.877 bits per heavy atom. The number of aryl methyl sites for hydroxylation is 2. The predicted octanol–water partition coefficient (Wildman–Crippen LogP) is 13.6. The molecule has 0 aliphatic heterocycles. The average Bonchev–Trinajstić information content (AvgIpc) is 3.35. The van der Waals surface area contributed by atoms with Crippen LogP contribution in [0.2, 0.25) is 0 Å². The molecule has 0 bridgehead atoms. The highest BCUT2D eigenvalue weighted by Gasteiger charge is 2.04. The molecule has 65 heavy (non-hydrogen) atoms. The van der Waals surface area contributed by atoms with Gasteiger partial charge in [-0.05, 0) is 126 Å². The standard InChI is InChI=1S/C29H28O4.C22H22O4.3C2H6/c1-3-22-5-11-25(12-6-22)21-26-13-17-27(18-14-26)33-29(31)20-16-24-9-7-23(8-10-24)15-19-28(30)32-4-2;1-3-17-9-13-20(14-10-17)26-22(24)16-12-19-7-5-18(6-8-19)11-15-21(23)25-4-2;3*1-2/h5-20H,3-4,21H2,1-2H3;5-16H,3-4H2,1-2H3;3*1-2H3/b19-15+,20-16+;15-11+,16-12+;;;. The van der Waals surface area contributed by atoms with Gasteiger partial charge in [0.05, 0.1) is 13.2 Å². The summed E-state index contributed by atoms with van der Waals surface area (Å²) in [4.78, 5) is 46.7. The third-order valence-corrected chi connectivity index (χ3v) is 8.62. The molecular formula is C57H68O8. The molecule has 8 nitrogen and oxygen atoms in total. The lowest BCUT2D eigenvalue weighted by Gasteiger charge is -2.05. The van der Waals surface area contributed by atoms with Gasteiger partial charge in [0.25, 0.3) is 0 Å². The Bertz CT molecular complexity index is 2210. The highest BCUT2D eigenvalue weighted by atomic mass is 16.5. The van der Waals surface area contributed by atoms with Crippen LogP contribution in [0.3, 0.4) is 0 Å². The molecule has 0 unspecified atom stereocenters. The first kappa shape index (κ1) is 56.0. The summed E-state index contributed by atoms with van der Waals surface area (Å²) in [5.74, 6) is -0.579. The maximum absolute atomic E-state index is 12.2. The lowest BCUT2D eigenvalue weighted by molar-refractivity contribution is -0.138. The molecule has 0 heterocycles. The predicted molar refractivity (Wildman–Crippen MR) is 268 cm³/mol. The molecule has 0 saturated heterocycles. The number of ether oxygens (including phenoxy) is 4. The fourth-order valence-corrected chi connectivity index (χ4v) is 5.37. The van der Waals surface area contributed by atoms with Crippen molar-refractivity contribution in [1.29, 1.82) is 0 Å². The van der Waals surface area contributed by atoms with Gasteiger partial charge in [0.2, 0.25) is 0 Å². The number of carbonyl (C=O) groups is 4. The normalized spacial score (nSPS) is 10.3. The van der Waals surface area contributed by atoms with E-state index in [4.69, 9.17) is 18.9 Å². The summed E-state index contributed by atoms with van der Waals surface area (Å²) in [6, 6.07) is 38.5. The molecule has 0 aliphatic rings. The van der Waals surface area contributed by atoms with E-state index in [9.17, 15) is 19.2 Å². The van der Waals surface area contributed by atoms with Gasteiger partial charge in [-0.25, -0.2) is 19.2 Å².